The standard InChI is InChI=1S/C29H34N2O4/c1-2-27(24-13-7-4-8-14-24)29(33)31(21-26-16-10-18-35-26)22-28(32)30(20-25-15-9-17-34-25)19-23-11-5-3-6-12-23/h3-9,11-15,17,26-27H,2,10,16,18-22H2,1H3. The van der Waals surface area contributed by atoms with Crippen LogP contribution in [-0.2, 0) is 27.4 Å². The van der Waals surface area contributed by atoms with Gasteiger partial charge in [-0.3, -0.25) is 9.59 Å². The van der Waals surface area contributed by atoms with E-state index in [0.29, 0.717) is 38.4 Å². The molecule has 0 aliphatic carbocycles. The summed E-state index contributed by atoms with van der Waals surface area (Å²) in [4.78, 5) is 30.9. The number of carbonyl (C=O) groups is 2. The number of ether oxygens (including phenoxy) is 1. The van der Waals surface area contributed by atoms with Gasteiger partial charge in [0.05, 0.1) is 31.4 Å². The Labute approximate surface area is 207 Å². The number of nitrogens with zero attached hydrogens (tertiary/aromatic N) is 2. The molecular weight excluding hydrogens is 440 g/mol. The van der Waals surface area contributed by atoms with E-state index >= 15 is 0 Å². The molecule has 0 spiro atoms. The van der Waals surface area contributed by atoms with Crippen molar-refractivity contribution in [2.24, 2.45) is 0 Å². The molecule has 184 valence electrons. The molecule has 4 rings (SSSR count). The van der Waals surface area contributed by atoms with Crippen LogP contribution in [0, 0.1) is 0 Å². The highest BCUT2D eigenvalue weighted by Crippen LogP contribution is 2.24. The summed E-state index contributed by atoms with van der Waals surface area (Å²) < 4.78 is 11.4. The van der Waals surface area contributed by atoms with E-state index in [0.717, 1.165) is 24.0 Å². The predicted molar refractivity (Wildman–Crippen MR) is 134 cm³/mol. The van der Waals surface area contributed by atoms with Gasteiger partial charge in [0.2, 0.25) is 11.8 Å². The van der Waals surface area contributed by atoms with Gasteiger partial charge in [0, 0.05) is 19.7 Å². The van der Waals surface area contributed by atoms with Gasteiger partial charge in [-0.2, -0.15) is 0 Å². The van der Waals surface area contributed by atoms with Crippen LogP contribution in [0.2, 0.25) is 0 Å². The Kier molecular flexibility index (Phi) is 8.74. The number of hydrogen-bond donors (Lipinski definition) is 0. The molecule has 2 atom stereocenters. The van der Waals surface area contributed by atoms with Gasteiger partial charge in [0.25, 0.3) is 0 Å². The third-order valence-corrected chi connectivity index (χ3v) is 6.49. The van der Waals surface area contributed by atoms with Gasteiger partial charge >= 0.3 is 0 Å². The topological polar surface area (TPSA) is 63.0 Å². The highest BCUT2D eigenvalue weighted by atomic mass is 16.5. The summed E-state index contributed by atoms with van der Waals surface area (Å²) in [7, 11) is 0. The first-order valence-corrected chi connectivity index (χ1v) is 12.4. The number of hydrogen-bond acceptors (Lipinski definition) is 4. The largest absolute Gasteiger partial charge is 0.467 e. The van der Waals surface area contributed by atoms with Crippen LogP contribution >= 0.6 is 0 Å². The van der Waals surface area contributed by atoms with Gasteiger partial charge in [-0.25, -0.2) is 0 Å². The summed E-state index contributed by atoms with van der Waals surface area (Å²) in [5.74, 6) is 0.278. The fourth-order valence-electron chi connectivity index (χ4n) is 4.62. The zero-order valence-corrected chi connectivity index (χ0v) is 20.3. The van der Waals surface area contributed by atoms with Crippen molar-refractivity contribution < 1.29 is 18.7 Å². The molecule has 2 heterocycles. The van der Waals surface area contributed by atoms with Gasteiger partial charge in [-0.1, -0.05) is 67.6 Å². The highest BCUT2D eigenvalue weighted by molar-refractivity contribution is 5.88. The van der Waals surface area contributed by atoms with Crippen LogP contribution in [0.5, 0.6) is 0 Å². The summed E-state index contributed by atoms with van der Waals surface area (Å²) >= 11 is 0. The van der Waals surface area contributed by atoms with Gasteiger partial charge < -0.3 is 19.0 Å². The van der Waals surface area contributed by atoms with Crippen molar-refractivity contribution in [1.29, 1.82) is 0 Å². The van der Waals surface area contributed by atoms with Crippen molar-refractivity contribution in [1.82, 2.24) is 9.80 Å². The molecule has 2 amide bonds. The second kappa shape index (κ2) is 12.4. The average molecular weight is 475 g/mol. The summed E-state index contributed by atoms with van der Waals surface area (Å²) in [6.45, 7) is 3.94. The Morgan fingerprint density at radius 2 is 1.69 bits per heavy atom. The van der Waals surface area contributed by atoms with Gasteiger partial charge in [-0.15, -0.1) is 0 Å². The number of benzene rings is 2. The fourth-order valence-corrected chi connectivity index (χ4v) is 4.62. The fraction of sp³-hybridized carbons (Fsp3) is 0.379. The second-order valence-electron chi connectivity index (χ2n) is 9.04. The zero-order chi connectivity index (χ0) is 24.5. The van der Waals surface area contributed by atoms with Crippen LogP contribution in [0.4, 0.5) is 0 Å². The van der Waals surface area contributed by atoms with Crippen LogP contribution in [-0.4, -0.2) is 47.4 Å². The van der Waals surface area contributed by atoms with Crippen molar-refractivity contribution >= 4 is 11.8 Å². The summed E-state index contributed by atoms with van der Waals surface area (Å²) in [5, 5.41) is 0. The molecule has 3 aromatic rings. The van der Waals surface area contributed by atoms with E-state index in [1.54, 1.807) is 16.1 Å². The van der Waals surface area contributed by atoms with E-state index in [1.165, 1.54) is 0 Å². The molecule has 1 saturated heterocycles. The lowest BCUT2D eigenvalue weighted by Crippen LogP contribution is -2.46. The molecule has 1 aromatic heterocycles. The van der Waals surface area contributed by atoms with Crippen molar-refractivity contribution in [3.05, 3.63) is 95.9 Å². The van der Waals surface area contributed by atoms with Crippen LogP contribution in [0.25, 0.3) is 0 Å². The Balaban J connectivity index is 1.55. The molecule has 1 aliphatic heterocycles. The predicted octanol–water partition coefficient (Wildman–Crippen LogP) is 5.01. The Morgan fingerprint density at radius 1 is 0.943 bits per heavy atom. The molecule has 35 heavy (non-hydrogen) atoms. The first-order valence-electron chi connectivity index (χ1n) is 12.4. The average Bonchev–Trinajstić information content (AvgIpc) is 3.59. The molecule has 0 saturated carbocycles. The minimum absolute atomic E-state index is 0.00949. The van der Waals surface area contributed by atoms with Gasteiger partial charge in [0.15, 0.2) is 0 Å². The molecule has 6 heteroatoms. The van der Waals surface area contributed by atoms with Gasteiger partial charge in [0.1, 0.15) is 5.76 Å². The van der Waals surface area contributed by atoms with Crippen molar-refractivity contribution in [3.63, 3.8) is 0 Å². The van der Waals surface area contributed by atoms with Crippen molar-refractivity contribution in [2.45, 2.75) is 51.3 Å². The van der Waals surface area contributed by atoms with Gasteiger partial charge in [-0.05, 0) is 42.5 Å². The quantitative estimate of drug-likeness (QED) is 0.392. The number of carbonyl (C=O) groups excluding carboxylic acids is 2. The normalized spacial score (nSPS) is 16.1. The molecule has 2 unspecified atom stereocenters. The van der Waals surface area contributed by atoms with Crippen LogP contribution in [0.15, 0.2) is 83.5 Å². The van der Waals surface area contributed by atoms with E-state index in [1.807, 2.05) is 79.7 Å². The van der Waals surface area contributed by atoms with Crippen molar-refractivity contribution in [3.8, 4) is 0 Å². The van der Waals surface area contributed by atoms with Crippen LogP contribution in [0.3, 0.4) is 0 Å². The highest BCUT2D eigenvalue weighted by Gasteiger charge is 2.31. The molecule has 1 fully saturated rings. The van der Waals surface area contributed by atoms with E-state index in [4.69, 9.17) is 9.15 Å². The minimum atomic E-state index is -0.293. The first-order chi connectivity index (χ1) is 17.1. The molecule has 0 N–H and O–H groups in total. The van der Waals surface area contributed by atoms with E-state index < -0.39 is 0 Å². The second-order valence-corrected chi connectivity index (χ2v) is 9.04. The van der Waals surface area contributed by atoms with E-state index in [-0.39, 0.29) is 30.4 Å². The molecule has 2 aromatic carbocycles. The monoisotopic (exact) mass is 474 g/mol. The lowest BCUT2D eigenvalue weighted by Gasteiger charge is -2.31. The lowest BCUT2D eigenvalue weighted by molar-refractivity contribution is -0.143. The zero-order valence-electron chi connectivity index (χ0n) is 20.3. The van der Waals surface area contributed by atoms with Crippen molar-refractivity contribution in [2.75, 3.05) is 19.7 Å². The minimum Gasteiger partial charge on any atom is -0.467 e. The summed E-state index contributed by atoms with van der Waals surface area (Å²) in [6, 6.07) is 23.4. The van der Waals surface area contributed by atoms with E-state index in [2.05, 4.69) is 0 Å². The molecule has 6 nitrogen and oxygen atoms in total. The molecule has 0 radical (unpaired) electrons. The maximum Gasteiger partial charge on any atom is 0.242 e. The van der Waals surface area contributed by atoms with Crippen LogP contribution in [0.1, 0.15) is 49.0 Å². The SMILES string of the molecule is CCC(C(=O)N(CC(=O)N(Cc1ccccc1)Cc1ccco1)CC1CCCO1)c1ccccc1. The summed E-state index contributed by atoms with van der Waals surface area (Å²) in [5.41, 5.74) is 2.00. The maximum absolute atomic E-state index is 13.8. The number of furan rings is 1. The number of amides is 2. The smallest absolute Gasteiger partial charge is 0.242 e. The first kappa shape index (κ1) is 24.7. The third-order valence-electron chi connectivity index (χ3n) is 6.49. The van der Waals surface area contributed by atoms with Crippen LogP contribution < -0.4 is 0 Å². The summed E-state index contributed by atoms with van der Waals surface area (Å²) in [6.07, 6.45) is 4.13. The third kappa shape index (κ3) is 6.83. The molecule has 0 bridgehead atoms. The Morgan fingerprint density at radius 3 is 2.31 bits per heavy atom. The van der Waals surface area contributed by atoms with E-state index in [9.17, 15) is 9.59 Å². The molecule has 1 aliphatic rings. The maximum atomic E-state index is 13.8. The number of rotatable bonds is 11. The Hall–Kier alpha value is -3.38. The lowest BCUT2D eigenvalue weighted by atomic mass is 9.94. The molecular formula is C29H34N2O4. The Bertz CT molecular complexity index is 1050.